The molecule has 0 aliphatic carbocycles. The summed E-state index contributed by atoms with van der Waals surface area (Å²) < 4.78 is 15.5. The third-order valence-electron chi connectivity index (χ3n) is 2.26. The molecule has 5 nitrogen and oxygen atoms in total. The van der Waals surface area contributed by atoms with Crippen LogP contribution in [0.15, 0.2) is 27.4 Å². The third kappa shape index (κ3) is 1.46. The van der Waals surface area contributed by atoms with Gasteiger partial charge in [-0.25, -0.2) is 0 Å². The van der Waals surface area contributed by atoms with Crippen LogP contribution in [-0.4, -0.2) is 14.2 Å². The first-order valence-corrected chi connectivity index (χ1v) is 4.61. The SMILES string of the molecule is COc1ccc(OC)c2c(=O)cc(N)oc12. The summed E-state index contributed by atoms with van der Waals surface area (Å²) in [6, 6.07) is 4.52. The lowest BCUT2D eigenvalue weighted by molar-refractivity contribution is 0.402. The van der Waals surface area contributed by atoms with Gasteiger partial charge in [-0.15, -0.1) is 0 Å². The quantitative estimate of drug-likeness (QED) is 0.829. The lowest BCUT2D eigenvalue weighted by atomic mass is 10.2. The van der Waals surface area contributed by atoms with Crippen molar-refractivity contribution < 1.29 is 13.9 Å². The highest BCUT2D eigenvalue weighted by Gasteiger charge is 2.13. The van der Waals surface area contributed by atoms with Crippen LogP contribution in [-0.2, 0) is 0 Å². The maximum absolute atomic E-state index is 11.8. The van der Waals surface area contributed by atoms with Gasteiger partial charge in [-0.1, -0.05) is 0 Å². The van der Waals surface area contributed by atoms with E-state index in [1.54, 1.807) is 12.1 Å². The number of hydrogen-bond donors (Lipinski definition) is 1. The number of hydrogen-bond acceptors (Lipinski definition) is 5. The molecule has 2 aromatic rings. The van der Waals surface area contributed by atoms with Crippen LogP contribution in [0.25, 0.3) is 11.0 Å². The van der Waals surface area contributed by atoms with Crippen molar-refractivity contribution in [2.45, 2.75) is 0 Å². The maximum atomic E-state index is 11.8. The largest absolute Gasteiger partial charge is 0.496 e. The summed E-state index contributed by atoms with van der Waals surface area (Å²) in [4.78, 5) is 11.8. The summed E-state index contributed by atoms with van der Waals surface area (Å²) in [5, 5.41) is 0.330. The second-order valence-electron chi connectivity index (χ2n) is 3.19. The van der Waals surface area contributed by atoms with Gasteiger partial charge in [0.15, 0.2) is 22.6 Å². The molecule has 0 aliphatic rings. The number of rotatable bonds is 2. The van der Waals surface area contributed by atoms with Crippen molar-refractivity contribution in [1.82, 2.24) is 0 Å². The molecule has 0 bridgehead atoms. The normalized spacial score (nSPS) is 10.4. The highest BCUT2D eigenvalue weighted by atomic mass is 16.5. The molecule has 16 heavy (non-hydrogen) atoms. The Labute approximate surface area is 91.4 Å². The van der Waals surface area contributed by atoms with Crippen molar-refractivity contribution >= 4 is 16.9 Å². The van der Waals surface area contributed by atoms with Crippen LogP contribution in [0.4, 0.5) is 5.88 Å². The van der Waals surface area contributed by atoms with Gasteiger partial charge in [-0.3, -0.25) is 4.79 Å². The van der Waals surface area contributed by atoms with E-state index in [0.29, 0.717) is 22.5 Å². The van der Waals surface area contributed by atoms with E-state index >= 15 is 0 Å². The Kier molecular flexibility index (Phi) is 2.44. The molecular formula is C11H11NO4. The van der Waals surface area contributed by atoms with Gasteiger partial charge in [0.2, 0.25) is 0 Å². The van der Waals surface area contributed by atoms with Gasteiger partial charge in [-0.05, 0) is 12.1 Å². The molecule has 0 saturated heterocycles. The molecule has 0 amide bonds. The molecule has 0 unspecified atom stereocenters. The Morgan fingerprint density at radius 3 is 2.44 bits per heavy atom. The molecule has 0 radical (unpaired) electrons. The summed E-state index contributed by atoms with van der Waals surface area (Å²) >= 11 is 0. The van der Waals surface area contributed by atoms with Crippen LogP contribution in [0.3, 0.4) is 0 Å². The molecule has 0 spiro atoms. The molecule has 1 aromatic heterocycles. The lowest BCUT2D eigenvalue weighted by Gasteiger charge is -2.08. The van der Waals surface area contributed by atoms with Crippen LogP contribution in [0.2, 0.25) is 0 Å². The van der Waals surface area contributed by atoms with Gasteiger partial charge in [0, 0.05) is 6.07 Å². The molecule has 84 valence electrons. The lowest BCUT2D eigenvalue weighted by Crippen LogP contribution is -2.04. The molecule has 0 atom stereocenters. The highest BCUT2D eigenvalue weighted by Crippen LogP contribution is 2.31. The molecular weight excluding hydrogens is 210 g/mol. The van der Waals surface area contributed by atoms with E-state index in [9.17, 15) is 4.79 Å². The Bertz CT molecular complexity index is 588. The number of ether oxygens (including phenoxy) is 2. The smallest absolute Gasteiger partial charge is 0.198 e. The molecule has 0 aliphatic heterocycles. The maximum Gasteiger partial charge on any atom is 0.198 e. The third-order valence-corrected chi connectivity index (χ3v) is 2.26. The molecule has 1 aromatic carbocycles. The van der Waals surface area contributed by atoms with Crippen molar-refractivity contribution in [1.29, 1.82) is 0 Å². The first kappa shape index (κ1) is 10.4. The summed E-state index contributed by atoms with van der Waals surface area (Å²) in [6.07, 6.45) is 0. The van der Waals surface area contributed by atoms with Crippen molar-refractivity contribution in [2.75, 3.05) is 20.0 Å². The van der Waals surface area contributed by atoms with E-state index < -0.39 is 0 Å². The summed E-state index contributed by atoms with van der Waals surface area (Å²) in [6.45, 7) is 0. The Hall–Kier alpha value is -2.17. The Balaban J connectivity index is 2.96. The number of nitrogens with two attached hydrogens (primary N) is 1. The minimum atomic E-state index is -0.255. The van der Waals surface area contributed by atoms with Gasteiger partial charge in [0.05, 0.1) is 14.2 Å². The molecule has 1 heterocycles. The topological polar surface area (TPSA) is 74.7 Å². The predicted octanol–water partition coefficient (Wildman–Crippen LogP) is 1.39. The summed E-state index contributed by atoms with van der Waals surface area (Å²) in [5.41, 5.74) is 5.52. The molecule has 0 saturated carbocycles. The van der Waals surface area contributed by atoms with E-state index in [0.717, 1.165) is 0 Å². The molecule has 5 heteroatoms. The fraction of sp³-hybridized carbons (Fsp3) is 0.182. The average Bonchev–Trinajstić information content (AvgIpc) is 2.27. The number of nitrogen functional groups attached to an aromatic ring is 1. The first-order chi connectivity index (χ1) is 7.67. The van der Waals surface area contributed by atoms with Gasteiger partial charge in [0.1, 0.15) is 11.1 Å². The van der Waals surface area contributed by atoms with Gasteiger partial charge >= 0.3 is 0 Å². The number of fused-ring (bicyclic) bond motifs is 1. The van der Waals surface area contributed by atoms with Gasteiger partial charge < -0.3 is 19.6 Å². The Morgan fingerprint density at radius 2 is 1.81 bits per heavy atom. The zero-order chi connectivity index (χ0) is 11.7. The monoisotopic (exact) mass is 221 g/mol. The van der Waals surface area contributed by atoms with Crippen molar-refractivity contribution in [2.24, 2.45) is 0 Å². The van der Waals surface area contributed by atoms with E-state index in [1.807, 2.05) is 0 Å². The number of methoxy groups -OCH3 is 2. The van der Waals surface area contributed by atoms with E-state index in [2.05, 4.69) is 0 Å². The Morgan fingerprint density at radius 1 is 1.19 bits per heavy atom. The number of anilines is 1. The van der Waals surface area contributed by atoms with Crippen LogP contribution < -0.4 is 20.6 Å². The average molecular weight is 221 g/mol. The molecule has 2 rings (SSSR count). The predicted molar refractivity (Wildman–Crippen MR) is 60.0 cm³/mol. The summed E-state index contributed by atoms with van der Waals surface area (Å²) in [7, 11) is 2.97. The van der Waals surface area contributed by atoms with Crippen molar-refractivity contribution in [3.63, 3.8) is 0 Å². The molecule has 0 fully saturated rings. The highest BCUT2D eigenvalue weighted by molar-refractivity contribution is 5.88. The van der Waals surface area contributed by atoms with E-state index in [4.69, 9.17) is 19.6 Å². The summed E-state index contributed by atoms with van der Waals surface area (Å²) in [5.74, 6) is 0.925. The minimum absolute atomic E-state index is 0.0454. The van der Waals surface area contributed by atoms with Crippen LogP contribution in [0.5, 0.6) is 11.5 Å². The number of benzene rings is 1. The fourth-order valence-corrected chi connectivity index (χ4v) is 1.56. The van der Waals surface area contributed by atoms with E-state index in [1.165, 1.54) is 20.3 Å². The van der Waals surface area contributed by atoms with Gasteiger partial charge in [0.25, 0.3) is 0 Å². The van der Waals surface area contributed by atoms with Crippen LogP contribution in [0.1, 0.15) is 0 Å². The van der Waals surface area contributed by atoms with Gasteiger partial charge in [-0.2, -0.15) is 0 Å². The second kappa shape index (κ2) is 3.77. The zero-order valence-corrected chi connectivity index (χ0v) is 8.94. The molecule has 2 N–H and O–H groups in total. The van der Waals surface area contributed by atoms with Crippen LogP contribution >= 0.6 is 0 Å². The second-order valence-corrected chi connectivity index (χ2v) is 3.19. The first-order valence-electron chi connectivity index (χ1n) is 4.61. The van der Waals surface area contributed by atoms with E-state index in [-0.39, 0.29) is 11.3 Å². The minimum Gasteiger partial charge on any atom is -0.496 e. The standard InChI is InChI=1S/C11H11NO4/c1-14-7-3-4-8(15-2)11-10(7)6(13)5-9(12)16-11/h3-5H,12H2,1-2H3. The fourth-order valence-electron chi connectivity index (χ4n) is 1.56. The zero-order valence-electron chi connectivity index (χ0n) is 8.94. The van der Waals surface area contributed by atoms with Crippen molar-refractivity contribution in [3.8, 4) is 11.5 Å². The van der Waals surface area contributed by atoms with Crippen LogP contribution in [0, 0.1) is 0 Å². The van der Waals surface area contributed by atoms with Crippen molar-refractivity contribution in [3.05, 3.63) is 28.4 Å².